The Bertz CT molecular complexity index is 340. The molecule has 16 heavy (non-hydrogen) atoms. The molecule has 0 spiro atoms. The van der Waals surface area contributed by atoms with Crippen molar-refractivity contribution in [3.8, 4) is 0 Å². The fraction of sp³-hybridized carbons (Fsp3) is 0.667. The summed E-state index contributed by atoms with van der Waals surface area (Å²) < 4.78 is 4.76. The second-order valence-corrected chi connectivity index (χ2v) is 3.72. The number of halogens is 1. The van der Waals surface area contributed by atoms with E-state index in [4.69, 9.17) is 10.3 Å². The average molecular weight is 249 g/mol. The lowest BCUT2D eigenvalue weighted by atomic mass is 10.1. The van der Waals surface area contributed by atoms with E-state index in [9.17, 15) is 4.79 Å². The van der Waals surface area contributed by atoms with Crippen LogP contribution in [0, 0.1) is 12.8 Å². The standard InChI is InChI=1S/C9H16N4O2.ClH/c1-5(2)8(10)9(14)11-4-7-12-6(3)15-13-7;/h5,8H,4,10H2,1-3H3,(H,11,14);1H. The van der Waals surface area contributed by atoms with Gasteiger partial charge >= 0.3 is 0 Å². The number of nitrogens with zero attached hydrogens (tertiary/aromatic N) is 2. The van der Waals surface area contributed by atoms with E-state index in [0.717, 1.165) is 0 Å². The molecule has 0 saturated heterocycles. The van der Waals surface area contributed by atoms with Crippen molar-refractivity contribution in [1.82, 2.24) is 15.5 Å². The number of rotatable bonds is 4. The molecule has 1 aromatic rings. The van der Waals surface area contributed by atoms with Gasteiger partial charge in [-0.3, -0.25) is 4.79 Å². The molecular weight excluding hydrogens is 232 g/mol. The Kier molecular flexibility index (Phi) is 5.98. The molecule has 0 radical (unpaired) electrons. The van der Waals surface area contributed by atoms with Crippen molar-refractivity contribution >= 4 is 18.3 Å². The highest BCUT2D eigenvalue weighted by atomic mass is 35.5. The molecule has 1 unspecified atom stereocenters. The third-order valence-corrected chi connectivity index (χ3v) is 2.01. The Morgan fingerprint density at radius 1 is 1.56 bits per heavy atom. The lowest BCUT2D eigenvalue weighted by Gasteiger charge is -2.14. The van der Waals surface area contributed by atoms with Crippen LogP contribution < -0.4 is 11.1 Å². The summed E-state index contributed by atoms with van der Waals surface area (Å²) >= 11 is 0. The summed E-state index contributed by atoms with van der Waals surface area (Å²) in [6.45, 7) is 5.72. The third kappa shape index (κ3) is 4.16. The molecule has 92 valence electrons. The van der Waals surface area contributed by atoms with Gasteiger partial charge in [0.15, 0.2) is 5.82 Å². The van der Waals surface area contributed by atoms with Crippen LogP contribution >= 0.6 is 12.4 Å². The Labute approximate surface area is 100 Å². The Balaban J connectivity index is 0.00000225. The smallest absolute Gasteiger partial charge is 0.237 e. The summed E-state index contributed by atoms with van der Waals surface area (Å²) in [5, 5.41) is 6.29. The van der Waals surface area contributed by atoms with E-state index in [0.29, 0.717) is 11.7 Å². The molecule has 7 heteroatoms. The highest BCUT2D eigenvalue weighted by Crippen LogP contribution is 1.99. The van der Waals surface area contributed by atoms with Crippen LogP contribution in [0.2, 0.25) is 0 Å². The minimum Gasteiger partial charge on any atom is -0.347 e. The van der Waals surface area contributed by atoms with E-state index >= 15 is 0 Å². The molecule has 1 heterocycles. The number of carbonyl (C=O) groups excluding carboxylic acids is 1. The monoisotopic (exact) mass is 248 g/mol. The minimum atomic E-state index is -0.502. The molecule has 0 aliphatic carbocycles. The van der Waals surface area contributed by atoms with Crippen LogP contribution in [0.1, 0.15) is 25.6 Å². The van der Waals surface area contributed by atoms with E-state index in [1.807, 2.05) is 13.8 Å². The predicted octanol–water partition coefficient (Wildman–Crippen LogP) is 0.399. The number of aryl methyl sites for hydroxylation is 1. The lowest BCUT2D eigenvalue weighted by Crippen LogP contribution is -2.43. The second-order valence-electron chi connectivity index (χ2n) is 3.72. The molecule has 0 aliphatic rings. The number of carbonyl (C=O) groups is 1. The number of hydrogen-bond acceptors (Lipinski definition) is 5. The molecular formula is C9H17ClN4O2. The number of aromatic nitrogens is 2. The first-order valence-corrected chi connectivity index (χ1v) is 4.83. The average Bonchev–Trinajstić information content (AvgIpc) is 2.59. The SMILES string of the molecule is Cc1nc(CNC(=O)C(N)C(C)C)no1.Cl. The zero-order chi connectivity index (χ0) is 11.4. The molecule has 1 aromatic heterocycles. The zero-order valence-corrected chi connectivity index (χ0v) is 10.4. The Hall–Kier alpha value is -1.14. The maximum atomic E-state index is 11.4. The summed E-state index contributed by atoms with van der Waals surface area (Å²) in [6.07, 6.45) is 0. The van der Waals surface area contributed by atoms with Gasteiger partial charge in [-0.15, -0.1) is 12.4 Å². The van der Waals surface area contributed by atoms with E-state index in [1.165, 1.54) is 0 Å². The first-order valence-electron chi connectivity index (χ1n) is 4.83. The van der Waals surface area contributed by atoms with Gasteiger partial charge in [0.25, 0.3) is 0 Å². The molecule has 0 saturated carbocycles. The Morgan fingerprint density at radius 2 is 2.19 bits per heavy atom. The van der Waals surface area contributed by atoms with E-state index in [-0.39, 0.29) is 30.8 Å². The molecule has 1 atom stereocenters. The van der Waals surface area contributed by atoms with Gasteiger partial charge in [-0.1, -0.05) is 19.0 Å². The summed E-state index contributed by atoms with van der Waals surface area (Å²) in [7, 11) is 0. The van der Waals surface area contributed by atoms with Gasteiger partial charge in [0.05, 0.1) is 12.6 Å². The first-order chi connectivity index (χ1) is 7.00. The summed E-state index contributed by atoms with van der Waals surface area (Å²) in [4.78, 5) is 15.4. The van der Waals surface area contributed by atoms with Crippen LogP contribution in [-0.4, -0.2) is 22.1 Å². The molecule has 0 aromatic carbocycles. The van der Waals surface area contributed by atoms with Gasteiger partial charge in [-0.25, -0.2) is 0 Å². The normalized spacial score (nSPS) is 12.1. The van der Waals surface area contributed by atoms with Crippen LogP contribution in [0.3, 0.4) is 0 Å². The highest BCUT2D eigenvalue weighted by Gasteiger charge is 2.17. The number of nitrogens with two attached hydrogens (primary N) is 1. The minimum absolute atomic E-state index is 0. The van der Waals surface area contributed by atoms with Crippen molar-refractivity contribution in [2.45, 2.75) is 33.4 Å². The van der Waals surface area contributed by atoms with Crippen molar-refractivity contribution in [3.05, 3.63) is 11.7 Å². The van der Waals surface area contributed by atoms with Crippen LogP contribution in [0.4, 0.5) is 0 Å². The number of amides is 1. The lowest BCUT2D eigenvalue weighted by molar-refractivity contribution is -0.123. The van der Waals surface area contributed by atoms with E-state index in [2.05, 4.69) is 15.5 Å². The fourth-order valence-corrected chi connectivity index (χ4v) is 1.000. The molecule has 3 N–H and O–H groups in total. The van der Waals surface area contributed by atoms with Crippen LogP contribution in [0.25, 0.3) is 0 Å². The molecule has 1 amide bonds. The van der Waals surface area contributed by atoms with Crippen LogP contribution in [0.5, 0.6) is 0 Å². The Morgan fingerprint density at radius 3 is 2.62 bits per heavy atom. The van der Waals surface area contributed by atoms with Crippen LogP contribution in [-0.2, 0) is 11.3 Å². The summed E-state index contributed by atoms with van der Waals surface area (Å²) in [5.41, 5.74) is 5.65. The first kappa shape index (κ1) is 14.9. The van der Waals surface area contributed by atoms with Crippen molar-refractivity contribution in [2.75, 3.05) is 0 Å². The molecule has 0 bridgehead atoms. The highest BCUT2D eigenvalue weighted by molar-refractivity contribution is 5.85. The van der Waals surface area contributed by atoms with Gasteiger partial charge in [-0.2, -0.15) is 4.98 Å². The van der Waals surface area contributed by atoms with Crippen molar-refractivity contribution in [2.24, 2.45) is 11.7 Å². The second kappa shape index (κ2) is 6.44. The van der Waals surface area contributed by atoms with Crippen molar-refractivity contribution in [1.29, 1.82) is 0 Å². The molecule has 0 fully saturated rings. The zero-order valence-electron chi connectivity index (χ0n) is 9.56. The number of hydrogen-bond donors (Lipinski definition) is 2. The fourth-order valence-electron chi connectivity index (χ4n) is 1.000. The van der Waals surface area contributed by atoms with Gasteiger partial charge in [0, 0.05) is 6.92 Å². The summed E-state index contributed by atoms with van der Waals surface area (Å²) in [5.74, 6) is 0.841. The molecule has 6 nitrogen and oxygen atoms in total. The van der Waals surface area contributed by atoms with Gasteiger partial charge in [-0.05, 0) is 5.92 Å². The van der Waals surface area contributed by atoms with Gasteiger partial charge in [0.1, 0.15) is 0 Å². The van der Waals surface area contributed by atoms with E-state index in [1.54, 1.807) is 6.92 Å². The number of nitrogens with one attached hydrogen (secondary N) is 1. The van der Waals surface area contributed by atoms with Crippen molar-refractivity contribution < 1.29 is 9.32 Å². The molecule has 1 rings (SSSR count). The van der Waals surface area contributed by atoms with Gasteiger partial charge in [0.2, 0.25) is 11.8 Å². The maximum absolute atomic E-state index is 11.4. The van der Waals surface area contributed by atoms with Crippen molar-refractivity contribution in [3.63, 3.8) is 0 Å². The van der Waals surface area contributed by atoms with Gasteiger partial charge < -0.3 is 15.6 Å². The maximum Gasteiger partial charge on any atom is 0.237 e. The molecule has 0 aliphatic heterocycles. The van der Waals surface area contributed by atoms with E-state index < -0.39 is 6.04 Å². The van der Waals surface area contributed by atoms with Crippen LogP contribution in [0.15, 0.2) is 4.52 Å². The predicted molar refractivity (Wildman–Crippen MR) is 60.9 cm³/mol. The summed E-state index contributed by atoms with van der Waals surface area (Å²) in [6, 6.07) is -0.502. The quantitative estimate of drug-likeness (QED) is 0.804. The topological polar surface area (TPSA) is 94.0 Å². The third-order valence-electron chi connectivity index (χ3n) is 2.01. The largest absolute Gasteiger partial charge is 0.347 e.